The van der Waals surface area contributed by atoms with Crippen molar-refractivity contribution in [2.75, 3.05) is 11.5 Å². The molecular formula is C20H17N5O2. The van der Waals surface area contributed by atoms with Crippen molar-refractivity contribution in [3.63, 3.8) is 0 Å². The summed E-state index contributed by atoms with van der Waals surface area (Å²) >= 11 is 0. The van der Waals surface area contributed by atoms with Crippen molar-refractivity contribution < 1.29 is 9.63 Å². The first-order chi connectivity index (χ1) is 13.1. The molecule has 3 heterocycles. The van der Waals surface area contributed by atoms with Gasteiger partial charge in [0.25, 0.3) is 0 Å². The van der Waals surface area contributed by atoms with Gasteiger partial charge in [0.05, 0.1) is 22.9 Å². The molecule has 1 aromatic carbocycles. The zero-order chi connectivity index (χ0) is 18.8. The minimum absolute atomic E-state index is 0.170. The number of nitrogens with two attached hydrogens (primary N) is 2. The summed E-state index contributed by atoms with van der Waals surface area (Å²) in [5.41, 5.74) is 14.5. The van der Waals surface area contributed by atoms with Crippen LogP contribution in [0, 0.1) is 0 Å². The molecule has 7 heteroatoms. The van der Waals surface area contributed by atoms with E-state index >= 15 is 0 Å². The molecule has 0 aliphatic carbocycles. The second-order valence-electron chi connectivity index (χ2n) is 6.07. The molecule has 1 atom stereocenters. The second kappa shape index (κ2) is 6.80. The third kappa shape index (κ3) is 3.30. The Kier molecular flexibility index (Phi) is 4.18. The van der Waals surface area contributed by atoms with Crippen molar-refractivity contribution in [3.8, 4) is 17.1 Å². The van der Waals surface area contributed by atoms with Gasteiger partial charge in [-0.1, -0.05) is 23.4 Å². The van der Waals surface area contributed by atoms with Crippen LogP contribution < -0.4 is 11.5 Å². The number of pyridine rings is 2. The highest BCUT2D eigenvalue weighted by molar-refractivity contribution is 5.71. The van der Waals surface area contributed by atoms with E-state index in [4.69, 9.17) is 16.0 Å². The fourth-order valence-electron chi connectivity index (χ4n) is 3.00. The molecule has 134 valence electrons. The molecule has 3 aromatic heterocycles. The molecule has 0 spiro atoms. The van der Waals surface area contributed by atoms with E-state index in [0.717, 1.165) is 11.3 Å². The van der Waals surface area contributed by atoms with Crippen molar-refractivity contribution >= 4 is 11.6 Å². The molecule has 1 unspecified atom stereocenters. The molecule has 0 aliphatic heterocycles. The molecule has 0 saturated heterocycles. The smallest absolute Gasteiger partial charge is 0.170 e. The van der Waals surface area contributed by atoms with Crippen molar-refractivity contribution in [3.05, 3.63) is 83.8 Å². The average Bonchev–Trinajstić information content (AvgIpc) is 3.12. The number of nitrogens with zero attached hydrogens (tertiary/aromatic N) is 3. The van der Waals surface area contributed by atoms with Gasteiger partial charge in [0.15, 0.2) is 5.76 Å². The van der Waals surface area contributed by atoms with Crippen molar-refractivity contribution in [1.82, 2.24) is 15.1 Å². The van der Waals surface area contributed by atoms with Crippen LogP contribution in [0.1, 0.15) is 22.9 Å². The fraction of sp³-hybridized carbons (Fsp3) is 0.0500. The van der Waals surface area contributed by atoms with E-state index in [1.54, 1.807) is 42.6 Å². The number of anilines is 2. The minimum atomic E-state index is -0.307. The molecule has 27 heavy (non-hydrogen) atoms. The lowest BCUT2D eigenvalue weighted by Gasteiger charge is -2.14. The predicted molar refractivity (Wildman–Crippen MR) is 102 cm³/mol. The Balaban J connectivity index is 1.81. The molecule has 0 radical (unpaired) electrons. The van der Waals surface area contributed by atoms with Crippen LogP contribution in [0.2, 0.25) is 0 Å². The van der Waals surface area contributed by atoms with Crippen molar-refractivity contribution in [1.29, 1.82) is 0 Å². The van der Waals surface area contributed by atoms with Gasteiger partial charge in [0.1, 0.15) is 17.4 Å². The minimum Gasteiger partial charge on any atom is -0.508 e. The summed E-state index contributed by atoms with van der Waals surface area (Å²) in [5.74, 6) is 0.950. The Morgan fingerprint density at radius 1 is 0.926 bits per heavy atom. The molecule has 4 rings (SSSR count). The zero-order valence-corrected chi connectivity index (χ0v) is 14.3. The first-order valence-corrected chi connectivity index (χ1v) is 8.30. The van der Waals surface area contributed by atoms with Crippen LogP contribution in [0.4, 0.5) is 11.6 Å². The van der Waals surface area contributed by atoms with Gasteiger partial charge in [-0.3, -0.25) is 4.98 Å². The molecule has 0 amide bonds. The number of rotatable bonds is 4. The molecule has 0 aliphatic rings. The maximum Gasteiger partial charge on any atom is 0.170 e. The standard InChI is InChI=1S/C20H17N5O2/c21-18-8-7-14(20(22)24-18)17-11-16(25-27-17)19(15-6-1-2-9-23-15)12-4-3-5-13(26)10-12/h1-11,19,26H,(H4,21,22,24). The van der Waals surface area contributed by atoms with Gasteiger partial charge in [0, 0.05) is 12.3 Å². The summed E-state index contributed by atoms with van der Waals surface area (Å²) in [6.45, 7) is 0. The molecule has 0 fully saturated rings. The Hall–Kier alpha value is -3.87. The molecule has 0 bridgehead atoms. The SMILES string of the molecule is Nc1ccc(-c2cc(C(c3cccc(O)c3)c3ccccn3)no2)c(N)n1. The summed E-state index contributed by atoms with van der Waals surface area (Å²) < 4.78 is 5.52. The molecule has 7 nitrogen and oxygen atoms in total. The van der Waals surface area contributed by atoms with Crippen LogP contribution in [-0.2, 0) is 0 Å². The zero-order valence-electron chi connectivity index (χ0n) is 14.3. The lowest BCUT2D eigenvalue weighted by atomic mass is 9.91. The van der Waals surface area contributed by atoms with Gasteiger partial charge in [-0.2, -0.15) is 0 Å². The molecule has 0 saturated carbocycles. The number of nitrogen functional groups attached to an aromatic ring is 2. The summed E-state index contributed by atoms with van der Waals surface area (Å²) in [4.78, 5) is 8.51. The molecular weight excluding hydrogens is 342 g/mol. The number of aromatic hydroxyl groups is 1. The fourth-order valence-corrected chi connectivity index (χ4v) is 3.00. The number of phenols is 1. The Morgan fingerprint density at radius 2 is 1.81 bits per heavy atom. The van der Waals surface area contributed by atoms with Gasteiger partial charge in [-0.25, -0.2) is 4.98 Å². The summed E-state index contributed by atoms with van der Waals surface area (Å²) in [7, 11) is 0. The van der Waals surface area contributed by atoms with E-state index in [-0.39, 0.29) is 17.5 Å². The highest BCUT2D eigenvalue weighted by atomic mass is 16.5. The highest BCUT2D eigenvalue weighted by Crippen LogP contribution is 2.34. The average molecular weight is 359 g/mol. The normalized spacial score (nSPS) is 12.0. The first kappa shape index (κ1) is 16.6. The van der Waals surface area contributed by atoms with E-state index < -0.39 is 0 Å². The van der Waals surface area contributed by atoms with Crippen LogP contribution in [0.25, 0.3) is 11.3 Å². The van der Waals surface area contributed by atoms with Crippen LogP contribution in [0.5, 0.6) is 5.75 Å². The summed E-state index contributed by atoms with van der Waals surface area (Å²) in [6, 6.07) is 17.8. The van der Waals surface area contributed by atoms with Gasteiger partial charge in [0.2, 0.25) is 0 Å². The van der Waals surface area contributed by atoms with E-state index in [0.29, 0.717) is 22.8 Å². The lowest BCUT2D eigenvalue weighted by molar-refractivity contribution is 0.422. The van der Waals surface area contributed by atoms with Crippen LogP contribution in [0.3, 0.4) is 0 Å². The summed E-state index contributed by atoms with van der Waals surface area (Å²) in [6.07, 6.45) is 1.72. The third-order valence-corrected chi connectivity index (χ3v) is 4.22. The second-order valence-corrected chi connectivity index (χ2v) is 6.07. The van der Waals surface area contributed by atoms with E-state index in [2.05, 4.69) is 15.1 Å². The van der Waals surface area contributed by atoms with Crippen LogP contribution in [-0.4, -0.2) is 20.2 Å². The quantitative estimate of drug-likeness (QED) is 0.511. The Labute approximate surface area is 155 Å². The highest BCUT2D eigenvalue weighted by Gasteiger charge is 2.23. The van der Waals surface area contributed by atoms with Crippen LogP contribution in [0.15, 0.2) is 71.4 Å². The van der Waals surface area contributed by atoms with Gasteiger partial charge >= 0.3 is 0 Å². The van der Waals surface area contributed by atoms with E-state index in [1.165, 1.54) is 0 Å². The predicted octanol–water partition coefficient (Wildman–Crippen LogP) is 3.18. The number of aromatic nitrogens is 3. The van der Waals surface area contributed by atoms with Crippen molar-refractivity contribution in [2.45, 2.75) is 5.92 Å². The van der Waals surface area contributed by atoms with E-state index in [1.807, 2.05) is 24.3 Å². The number of benzene rings is 1. The van der Waals surface area contributed by atoms with Crippen molar-refractivity contribution in [2.24, 2.45) is 0 Å². The molecule has 5 N–H and O–H groups in total. The number of phenolic OH excluding ortho intramolecular Hbond substituents is 1. The largest absolute Gasteiger partial charge is 0.508 e. The van der Waals surface area contributed by atoms with Gasteiger partial charge in [-0.05, 0) is 42.0 Å². The van der Waals surface area contributed by atoms with E-state index in [9.17, 15) is 5.11 Å². The molecule has 4 aromatic rings. The van der Waals surface area contributed by atoms with Crippen LogP contribution >= 0.6 is 0 Å². The first-order valence-electron chi connectivity index (χ1n) is 8.30. The number of hydrogen-bond acceptors (Lipinski definition) is 7. The topological polar surface area (TPSA) is 124 Å². The maximum atomic E-state index is 9.90. The van der Waals surface area contributed by atoms with Gasteiger partial charge < -0.3 is 21.1 Å². The Bertz CT molecular complexity index is 1080. The number of hydrogen-bond donors (Lipinski definition) is 3. The van der Waals surface area contributed by atoms with Gasteiger partial charge in [-0.15, -0.1) is 0 Å². The Morgan fingerprint density at radius 3 is 2.56 bits per heavy atom. The monoisotopic (exact) mass is 359 g/mol. The summed E-state index contributed by atoms with van der Waals surface area (Å²) in [5, 5.41) is 14.1. The maximum absolute atomic E-state index is 9.90. The third-order valence-electron chi connectivity index (χ3n) is 4.22. The lowest BCUT2D eigenvalue weighted by Crippen LogP contribution is -2.05.